The van der Waals surface area contributed by atoms with E-state index in [4.69, 9.17) is 9.47 Å². The lowest BCUT2D eigenvalue weighted by molar-refractivity contribution is -0.152. The van der Waals surface area contributed by atoms with E-state index in [1.54, 1.807) is 0 Å². The number of carbonyl (C=O) groups excluding carboxylic acids is 1. The maximum absolute atomic E-state index is 11.5. The summed E-state index contributed by atoms with van der Waals surface area (Å²) in [6, 6.07) is 8.07. The van der Waals surface area contributed by atoms with Crippen LogP contribution in [0.5, 0.6) is 5.75 Å². The monoisotopic (exact) mass is 264 g/mol. The van der Waals surface area contributed by atoms with Crippen molar-refractivity contribution in [3.05, 3.63) is 29.8 Å². The highest BCUT2D eigenvalue weighted by molar-refractivity contribution is 5.75. The van der Waals surface area contributed by atoms with E-state index in [2.05, 4.69) is 19.1 Å². The zero-order valence-corrected chi connectivity index (χ0v) is 12.4. The molecular formula is C16H24O3. The fourth-order valence-corrected chi connectivity index (χ4v) is 1.73. The number of esters is 1. The third kappa shape index (κ3) is 4.93. The minimum atomic E-state index is -0.629. The van der Waals surface area contributed by atoms with Crippen molar-refractivity contribution in [2.24, 2.45) is 5.41 Å². The molecule has 0 amide bonds. The van der Waals surface area contributed by atoms with E-state index in [-0.39, 0.29) is 5.97 Å². The molecule has 0 spiro atoms. The van der Waals surface area contributed by atoms with Crippen LogP contribution in [0.15, 0.2) is 24.3 Å². The Balaban J connectivity index is 2.52. The van der Waals surface area contributed by atoms with Gasteiger partial charge >= 0.3 is 5.97 Å². The van der Waals surface area contributed by atoms with Gasteiger partial charge < -0.3 is 9.47 Å². The highest BCUT2D eigenvalue weighted by Crippen LogP contribution is 2.21. The zero-order valence-electron chi connectivity index (χ0n) is 12.4. The molecule has 0 aliphatic carbocycles. The van der Waals surface area contributed by atoms with Crippen LogP contribution >= 0.6 is 0 Å². The Morgan fingerprint density at radius 2 is 1.84 bits per heavy atom. The minimum Gasteiger partial charge on any atom is -0.492 e. The van der Waals surface area contributed by atoms with E-state index in [1.165, 1.54) is 25.5 Å². The number of carbonyl (C=O) groups is 1. The summed E-state index contributed by atoms with van der Waals surface area (Å²) in [4.78, 5) is 11.5. The van der Waals surface area contributed by atoms with Crippen molar-refractivity contribution in [1.82, 2.24) is 0 Å². The maximum atomic E-state index is 11.5. The second-order valence-electron chi connectivity index (χ2n) is 5.41. The van der Waals surface area contributed by atoms with Crippen molar-refractivity contribution < 1.29 is 14.3 Å². The quantitative estimate of drug-likeness (QED) is 0.706. The largest absolute Gasteiger partial charge is 0.492 e. The molecular weight excluding hydrogens is 240 g/mol. The molecule has 0 atom stereocenters. The van der Waals surface area contributed by atoms with Gasteiger partial charge in [0.1, 0.15) is 12.4 Å². The average molecular weight is 264 g/mol. The van der Waals surface area contributed by atoms with Crippen LogP contribution in [0.3, 0.4) is 0 Å². The molecule has 0 heterocycles. The van der Waals surface area contributed by atoms with Crippen molar-refractivity contribution in [3.63, 3.8) is 0 Å². The normalized spacial score (nSPS) is 11.2. The Hall–Kier alpha value is -1.51. The SMILES string of the molecule is CCCCc1ccc(OCC(C)(C)C(=O)OC)cc1. The molecule has 3 heteroatoms. The molecule has 0 aliphatic rings. The Kier molecular flexibility index (Phi) is 5.87. The lowest BCUT2D eigenvalue weighted by Gasteiger charge is -2.21. The maximum Gasteiger partial charge on any atom is 0.314 e. The van der Waals surface area contributed by atoms with E-state index in [9.17, 15) is 4.79 Å². The lowest BCUT2D eigenvalue weighted by Crippen LogP contribution is -2.32. The molecule has 106 valence electrons. The van der Waals surface area contributed by atoms with Gasteiger partial charge in [-0.3, -0.25) is 4.79 Å². The second kappa shape index (κ2) is 7.17. The molecule has 19 heavy (non-hydrogen) atoms. The predicted molar refractivity (Wildman–Crippen MR) is 76.3 cm³/mol. The summed E-state index contributed by atoms with van der Waals surface area (Å²) in [6.07, 6.45) is 3.51. The third-order valence-corrected chi connectivity index (χ3v) is 3.08. The third-order valence-electron chi connectivity index (χ3n) is 3.08. The molecule has 0 radical (unpaired) electrons. The molecule has 1 rings (SSSR count). The van der Waals surface area contributed by atoms with Gasteiger partial charge in [-0.25, -0.2) is 0 Å². The van der Waals surface area contributed by atoms with Gasteiger partial charge in [-0.1, -0.05) is 25.5 Å². The van der Waals surface area contributed by atoms with E-state index >= 15 is 0 Å². The Bertz CT molecular complexity index is 393. The standard InChI is InChI=1S/C16H24O3/c1-5-6-7-13-8-10-14(11-9-13)19-12-16(2,3)15(17)18-4/h8-11H,5-7,12H2,1-4H3. The number of methoxy groups -OCH3 is 1. The smallest absolute Gasteiger partial charge is 0.314 e. The van der Waals surface area contributed by atoms with Gasteiger partial charge in [0.05, 0.1) is 12.5 Å². The number of unbranched alkanes of at least 4 members (excludes halogenated alkanes) is 1. The predicted octanol–water partition coefficient (Wildman–Crippen LogP) is 3.61. The van der Waals surface area contributed by atoms with Gasteiger partial charge in [0.25, 0.3) is 0 Å². The molecule has 0 saturated heterocycles. The van der Waals surface area contributed by atoms with Crippen LogP contribution in [0, 0.1) is 5.41 Å². The van der Waals surface area contributed by atoms with E-state index in [0.29, 0.717) is 6.61 Å². The summed E-state index contributed by atoms with van der Waals surface area (Å²) < 4.78 is 10.4. The molecule has 0 N–H and O–H groups in total. The fraction of sp³-hybridized carbons (Fsp3) is 0.562. The number of hydrogen-bond acceptors (Lipinski definition) is 3. The highest BCUT2D eigenvalue weighted by Gasteiger charge is 2.29. The Morgan fingerprint density at radius 3 is 2.37 bits per heavy atom. The van der Waals surface area contributed by atoms with Crippen LogP contribution in [-0.4, -0.2) is 19.7 Å². The summed E-state index contributed by atoms with van der Waals surface area (Å²) in [5, 5.41) is 0. The van der Waals surface area contributed by atoms with Crippen molar-refractivity contribution in [3.8, 4) is 5.75 Å². The van der Waals surface area contributed by atoms with Gasteiger partial charge in [-0.2, -0.15) is 0 Å². The van der Waals surface area contributed by atoms with Crippen LogP contribution in [-0.2, 0) is 16.0 Å². The first-order valence-electron chi connectivity index (χ1n) is 6.79. The Labute approximate surface area is 115 Å². The van der Waals surface area contributed by atoms with Crippen LogP contribution in [0.4, 0.5) is 0 Å². The molecule has 0 aliphatic heterocycles. The summed E-state index contributed by atoms with van der Waals surface area (Å²) in [7, 11) is 1.40. The lowest BCUT2D eigenvalue weighted by atomic mass is 9.95. The molecule has 1 aromatic carbocycles. The number of hydrogen-bond donors (Lipinski definition) is 0. The first kappa shape index (κ1) is 15.5. The van der Waals surface area contributed by atoms with E-state index < -0.39 is 5.41 Å². The molecule has 0 bridgehead atoms. The van der Waals surface area contributed by atoms with Gasteiger partial charge in [-0.05, 0) is 44.4 Å². The molecule has 0 saturated carbocycles. The number of benzene rings is 1. The van der Waals surface area contributed by atoms with Crippen LogP contribution in [0.1, 0.15) is 39.2 Å². The van der Waals surface area contributed by atoms with Gasteiger partial charge in [-0.15, -0.1) is 0 Å². The highest BCUT2D eigenvalue weighted by atomic mass is 16.5. The first-order chi connectivity index (χ1) is 8.99. The number of rotatable bonds is 7. The van der Waals surface area contributed by atoms with Gasteiger partial charge in [0, 0.05) is 0 Å². The van der Waals surface area contributed by atoms with E-state index in [1.807, 2.05) is 26.0 Å². The fourth-order valence-electron chi connectivity index (χ4n) is 1.73. The molecule has 0 aromatic heterocycles. The Morgan fingerprint density at radius 1 is 1.21 bits per heavy atom. The summed E-state index contributed by atoms with van der Waals surface area (Å²) in [5.74, 6) is 0.532. The topological polar surface area (TPSA) is 35.5 Å². The summed E-state index contributed by atoms with van der Waals surface area (Å²) in [6.45, 7) is 6.13. The van der Waals surface area contributed by atoms with E-state index in [0.717, 1.165) is 12.2 Å². The van der Waals surface area contributed by atoms with Crippen molar-refractivity contribution in [2.45, 2.75) is 40.0 Å². The number of aryl methyl sites for hydroxylation is 1. The summed E-state index contributed by atoms with van der Waals surface area (Å²) >= 11 is 0. The van der Waals surface area contributed by atoms with Crippen molar-refractivity contribution in [2.75, 3.05) is 13.7 Å². The number of ether oxygens (including phenoxy) is 2. The van der Waals surface area contributed by atoms with Gasteiger partial charge in [0.15, 0.2) is 0 Å². The molecule has 3 nitrogen and oxygen atoms in total. The van der Waals surface area contributed by atoms with Crippen LogP contribution in [0.2, 0.25) is 0 Å². The second-order valence-corrected chi connectivity index (χ2v) is 5.41. The molecule has 1 aromatic rings. The zero-order chi connectivity index (χ0) is 14.3. The average Bonchev–Trinajstić information content (AvgIpc) is 2.43. The van der Waals surface area contributed by atoms with Crippen LogP contribution < -0.4 is 4.74 Å². The van der Waals surface area contributed by atoms with Crippen LogP contribution in [0.25, 0.3) is 0 Å². The van der Waals surface area contributed by atoms with Crippen molar-refractivity contribution in [1.29, 1.82) is 0 Å². The molecule has 0 unspecified atom stereocenters. The first-order valence-corrected chi connectivity index (χ1v) is 6.79. The van der Waals surface area contributed by atoms with Gasteiger partial charge in [0.2, 0.25) is 0 Å². The van der Waals surface area contributed by atoms with Crippen molar-refractivity contribution >= 4 is 5.97 Å². The minimum absolute atomic E-state index is 0.257. The molecule has 0 fully saturated rings. The summed E-state index contributed by atoms with van der Waals surface area (Å²) in [5.41, 5.74) is 0.691.